The first-order valence-corrected chi connectivity index (χ1v) is 4.73. The summed E-state index contributed by atoms with van der Waals surface area (Å²) >= 11 is 0. The lowest BCUT2D eigenvalue weighted by Crippen LogP contribution is -2.04. The number of hydrogen-bond acceptors (Lipinski definition) is 2. The standard InChI is InChI=1S/C12H10BNO/c13-11-6-7-12(14-8-11)15-9-10-4-2-1-3-5-10/h1-8H,9H2. The highest BCUT2D eigenvalue weighted by atomic mass is 16.5. The van der Waals surface area contributed by atoms with Crippen molar-refractivity contribution in [2.45, 2.75) is 6.61 Å². The lowest BCUT2D eigenvalue weighted by molar-refractivity contribution is 0.294. The summed E-state index contributed by atoms with van der Waals surface area (Å²) in [5.41, 5.74) is 1.76. The van der Waals surface area contributed by atoms with E-state index in [9.17, 15) is 0 Å². The van der Waals surface area contributed by atoms with Crippen LogP contribution >= 0.6 is 0 Å². The first kappa shape index (κ1) is 9.78. The molecule has 15 heavy (non-hydrogen) atoms. The molecule has 1 heterocycles. The average Bonchev–Trinajstić information content (AvgIpc) is 2.30. The minimum atomic E-state index is 0.526. The van der Waals surface area contributed by atoms with Gasteiger partial charge >= 0.3 is 0 Å². The molecule has 1 aromatic carbocycles. The zero-order valence-corrected chi connectivity index (χ0v) is 8.26. The van der Waals surface area contributed by atoms with E-state index in [1.165, 1.54) is 0 Å². The zero-order chi connectivity index (χ0) is 10.5. The van der Waals surface area contributed by atoms with Gasteiger partial charge in [-0.2, -0.15) is 0 Å². The van der Waals surface area contributed by atoms with Crippen molar-refractivity contribution in [2.24, 2.45) is 0 Å². The van der Waals surface area contributed by atoms with E-state index < -0.39 is 0 Å². The van der Waals surface area contributed by atoms with Crippen LogP contribution in [-0.2, 0) is 6.61 Å². The Kier molecular flexibility index (Phi) is 3.03. The fourth-order valence-corrected chi connectivity index (χ4v) is 1.21. The second-order valence-corrected chi connectivity index (χ2v) is 3.20. The molecule has 3 heteroatoms. The van der Waals surface area contributed by atoms with Crippen molar-refractivity contribution in [1.29, 1.82) is 0 Å². The molecule has 0 fully saturated rings. The van der Waals surface area contributed by atoms with Gasteiger partial charge in [0.15, 0.2) is 0 Å². The molecule has 2 radical (unpaired) electrons. The maximum atomic E-state index is 5.52. The molecule has 0 spiro atoms. The average molecular weight is 195 g/mol. The molecule has 0 aliphatic heterocycles. The number of ether oxygens (including phenoxy) is 1. The molecule has 0 unspecified atom stereocenters. The molecular formula is C12H10BNO. The Labute approximate surface area is 90.3 Å². The van der Waals surface area contributed by atoms with Crippen molar-refractivity contribution >= 4 is 13.3 Å². The second-order valence-electron chi connectivity index (χ2n) is 3.20. The number of rotatable bonds is 3. The molecule has 72 valence electrons. The topological polar surface area (TPSA) is 22.1 Å². The molecule has 2 nitrogen and oxygen atoms in total. The molecule has 0 saturated carbocycles. The fraction of sp³-hybridized carbons (Fsp3) is 0.0833. The van der Waals surface area contributed by atoms with Gasteiger partial charge in [0.1, 0.15) is 14.5 Å². The van der Waals surface area contributed by atoms with E-state index in [4.69, 9.17) is 12.6 Å². The monoisotopic (exact) mass is 195 g/mol. The van der Waals surface area contributed by atoms with Crippen LogP contribution in [0.25, 0.3) is 0 Å². The van der Waals surface area contributed by atoms with Crippen LogP contribution in [0.1, 0.15) is 5.56 Å². The maximum absolute atomic E-state index is 5.52. The first-order chi connectivity index (χ1) is 7.34. The van der Waals surface area contributed by atoms with Crippen LogP contribution in [0.3, 0.4) is 0 Å². The Bertz CT molecular complexity index is 413. The molecular weight excluding hydrogens is 185 g/mol. The highest BCUT2D eigenvalue weighted by Gasteiger charge is 1.95. The van der Waals surface area contributed by atoms with E-state index in [2.05, 4.69) is 4.98 Å². The van der Waals surface area contributed by atoms with Gasteiger partial charge in [0.05, 0.1) is 0 Å². The summed E-state index contributed by atoms with van der Waals surface area (Å²) in [7, 11) is 5.52. The Hall–Kier alpha value is -1.77. The Balaban J connectivity index is 1.96. The van der Waals surface area contributed by atoms with Crippen LogP contribution < -0.4 is 10.2 Å². The van der Waals surface area contributed by atoms with Gasteiger partial charge in [-0.15, -0.1) is 0 Å². The second kappa shape index (κ2) is 4.64. The maximum Gasteiger partial charge on any atom is 0.213 e. The van der Waals surface area contributed by atoms with Crippen molar-refractivity contribution in [3.63, 3.8) is 0 Å². The molecule has 0 N–H and O–H groups in total. The normalized spacial score (nSPS) is 9.87. The van der Waals surface area contributed by atoms with E-state index in [0.717, 1.165) is 5.56 Å². The van der Waals surface area contributed by atoms with E-state index in [0.29, 0.717) is 17.9 Å². The molecule has 2 aromatic rings. The van der Waals surface area contributed by atoms with Crippen molar-refractivity contribution in [1.82, 2.24) is 4.98 Å². The molecule has 1 aromatic heterocycles. The third-order valence-electron chi connectivity index (χ3n) is 1.99. The number of aromatic nitrogens is 1. The summed E-state index contributed by atoms with van der Waals surface area (Å²) in [5.74, 6) is 0.591. The zero-order valence-electron chi connectivity index (χ0n) is 8.26. The van der Waals surface area contributed by atoms with Crippen molar-refractivity contribution in [3.05, 3.63) is 54.2 Å². The van der Waals surface area contributed by atoms with Crippen LogP contribution in [0.2, 0.25) is 0 Å². The van der Waals surface area contributed by atoms with Gasteiger partial charge in [-0.3, -0.25) is 0 Å². The lowest BCUT2D eigenvalue weighted by Gasteiger charge is -2.04. The van der Waals surface area contributed by atoms with Gasteiger partial charge in [0.25, 0.3) is 0 Å². The van der Waals surface area contributed by atoms with Gasteiger partial charge in [-0.05, 0) is 11.6 Å². The van der Waals surface area contributed by atoms with Crippen LogP contribution in [0, 0.1) is 0 Å². The van der Waals surface area contributed by atoms with E-state index in [1.54, 1.807) is 18.3 Å². The summed E-state index contributed by atoms with van der Waals surface area (Å²) in [4.78, 5) is 4.05. The number of benzene rings is 1. The number of pyridine rings is 1. The Morgan fingerprint density at radius 2 is 1.87 bits per heavy atom. The quantitative estimate of drug-likeness (QED) is 0.691. The molecule has 0 saturated heterocycles. The van der Waals surface area contributed by atoms with E-state index in [-0.39, 0.29) is 0 Å². The summed E-state index contributed by atoms with van der Waals surface area (Å²) in [6, 6.07) is 13.5. The van der Waals surface area contributed by atoms with Crippen LogP contribution in [0.4, 0.5) is 0 Å². The number of nitrogens with zero attached hydrogens (tertiary/aromatic N) is 1. The van der Waals surface area contributed by atoms with Crippen molar-refractivity contribution in [3.8, 4) is 5.88 Å². The predicted octanol–water partition coefficient (Wildman–Crippen LogP) is 1.45. The molecule has 0 atom stereocenters. The third-order valence-corrected chi connectivity index (χ3v) is 1.99. The van der Waals surface area contributed by atoms with Gasteiger partial charge in [-0.1, -0.05) is 41.9 Å². The molecule has 0 aliphatic rings. The molecule has 0 amide bonds. The summed E-state index contributed by atoms with van der Waals surface area (Å²) in [6.07, 6.45) is 1.58. The van der Waals surface area contributed by atoms with Crippen LogP contribution in [-0.4, -0.2) is 12.8 Å². The highest BCUT2D eigenvalue weighted by molar-refractivity contribution is 6.32. The minimum Gasteiger partial charge on any atom is -0.473 e. The summed E-state index contributed by atoms with van der Waals surface area (Å²) in [5, 5.41) is 0. The van der Waals surface area contributed by atoms with Gasteiger partial charge in [0, 0.05) is 6.20 Å². The van der Waals surface area contributed by atoms with Gasteiger partial charge in [0.2, 0.25) is 5.88 Å². The van der Waals surface area contributed by atoms with E-state index in [1.807, 2.05) is 30.3 Å². The highest BCUT2D eigenvalue weighted by Crippen LogP contribution is 2.06. The summed E-state index contributed by atoms with van der Waals surface area (Å²) in [6.45, 7) is 0.526. The third kappa shape index (κ3) is 2.84. The number of hydrogen-bond donors (Lipinski definition) is 0. The smallest absolute Gasteiger partial charge is 0.213 e. The summed E-state index contributed by atoms with van der Waals surface area (Å²) < 4.78 is 5.48. The SMILES string of the molecule is [B]c1ccc(OCc2ccccc2)nc1. The largest absolute Gasteiger partial charge is 0.473 e. The van der Waals surface area contributed by atoms with E-state index >= 15 is 0 Å². The predicted molar refractivity (Wildman–Crippen MR) is 60.4 cm³/mol. The Morgan fingerprint density at radius 3 is 2.53 bits per heavy atom. The molecule has 0 bridgehead atoms. The van der Waals surface area contributed by atoms with Crippen LogP contribution in [0.15, 0.2) is 48.7 Å². The Morgan fingerprint density at radius 1 is 1.07 bits per heavy atom. The van der Waals surface area contributed by atoms with Gasteiger partial charge in [-0.25, -0.2) is 4.98 Å². The lowest BCUT2D eigenvalue weighted by atomic mass is 9.99. The van der Waals surface area contributed by atoms with Crippen LogP contribution in [0.5, 0.6) is 5.88 Å². The fourth-order valence-electron chi connectivity index (χ4n) is 1.21. The van der Waals surface area contributed by atoms with Crippen molar-refractivity contribution in [2.75, 3.05) is 0 Å². The van der Waals surface area contributed by atoms with Crippen molar-refractivity contribution < 1.29 is 4.74 Å². The minimum absolute atomic E-state index is 0.526. The first-order valence-electron chi connectivity index (χ1n) is 4.73. The molecule has 0 aliphatic carbocycles. The van der Waals surface area contributed by atoms with Gasteiger partial charge < -0.3 is 4.74 Å². The molecule has 2 rings (SSSR count).